The molecule has 0 aromatic carbocycles. The number of rotatable bonds is 10. The van der Waals surface area contributed by atoms with Crippen LogP contribution in [0.5, 0.6) is 0 Å². The van der Waals surface area contributed by atoms with Crippen LogP contribution in [0.15, 0.2) is 0 Å². The molecule has 0 heterocycles. The summed E-state index contributed by atoms with van der Waals surface area (Å²) in [5.74, 6) is 0.623. The van der Waals surface area contributed by atoms with E-state index >= 15 is 0 Å². The minimum Gasteiger partial charge on any atom is -0.360 e. The first-order valence-corrected chi connectivity index (χ1v) is 8.78. The summed E-state index contributed by atoms with van der Waals surface area (Å²) in [7, 11) is -0.525. The molecule has 0 bridgehead atoms. The Labute approximate surface area is 103 Å². The number of hydrogen-bond acceptors (Lipinski definition) is 5. The van der Waals surface area contributed by atoms with Crippen LogP contribution >= 0.6 is 11.8 Å². The van der Waals surface area contributed by atoms with Crippen molar-refractivity contribution in [3.05, 3.63) is 0 Å². The molecule has 0 aromatic rings. The van der Waals surface area contributed by atoms with E-state index in [1.165, 1.54) is 11.8 Å². The number of halogens is 1. The van der Waals surface area contributed by atoms with Crippen molar-refractivity contribution in [2.24, 2.45) is 0 Å². The Hall–Kier alpha value is 0.367. The highest BCUT2D eigenvalue weighted by Crippen LogP contribution is 2.07. The maximum atomic E-state index is 12.1. The van der Waals surface area contributed by atoms with Crippen LogP contribution in [0.4, 0.5) is 3.89 Å². The van der Waals surface area contributed by atoms with Gasteiger partial charge in [0.1, 0.15) is 15.4 Å². The van der Waals surface area contributed by atoms with Gasteiger partial charge < -0.3 is 9.47 Å². The molecule has 0 N–H and O–H groups in total. The lowest BCUT2D eigenvalue weighted by molar-refractivity contribution is -0.0441. The average molecular weight is 288 g/mol. The third-order valence-electron chi connectivity index (χ3n) is 1.68. The minimum absolute atomic E-state index is 0.142. The number of hydrogen-bond donors (Lipinski definition) is 0. The molecule has 4 nitrogen and oxygen atoms in total. The molecule has 0 aliphatic heterocycles. The molecular weight excluding hydrogens is 271 g/mol. The highest BCUT2D eigenvalue weighted by molar-refractivity contribution is 8.00. The Morgan fingerprint density at radius 3 is 2.44 bits per heavy atom. The van der Waals surface area contributed by atoms with E-state index in [1.54, 1.807) is 14.2 Å². The second-order valence-electron chi connectivity index (χ2n) is 2.97. The molecule has 16 heavy (non-hydrogen) atoms. The zero-order valence-corrected chi connectivity index (χ0v) is 12.1. The Bertz CT molecular complexity index is 257. The van der Waals surface area contributed by atoms with Crippen LogP contribution in [0.25, 0.3) is 0 Å². The first-order valence-electron chi connectivity index (χ1n) is 4.78. The fourth-order valence-corrected chi connectivity index (χ4v) is 3.94. The third-order valence-corrected chi connectivity index (χ3v) is 5.14. The molecule has 8 heteroatoms. The van der Waals surface area contributed by atoms with Crippen LogP contribution in [0.3, 0.4) is 0 Å². The second kappa shape index (κ2) is 9.40. The van der Waals surface area contributed by atoms with Gasteiger partial charge in [-0.2, -0.15) is 20.2 Å². The Morgan fingerprint density at radius 1 is 1.31 bits per heavy atom. The molecule has 0 aliphatic rings. The van der Waals surface area contributed by atoms with Crippen molar-refractivity contribution in [2.75, 3.05) is 31.5 Å². The van der Waals surface area contributed by atoms with Crippen molar-refractivity contribution in [2.45, 2.75) is 18.4 Å². The predicted octanol–water partition coefficient (Wildman–Crippen LogP) is 1.11. The van der Waals surface area contributed by atoms with Crippen molar-refractivity contribution in [3.63, 3.8) is 0 Å². The molecule has 0 aliphatic carbocycles. The van der Waals surface area contributed by atoms with E-state index in [0.717, 1.165) is 18.2 Å². The summed E-state index contributed by atoms with van der Waals surface area (Å²) in [5.41, 5.74) is 0. The Morgan fingerprint density at radius 2 is 1.94 bits per heavy atom. The topological polar surface area (TPSA) is 52.6 Å². The molecule has 0 atom stereocenters. The van der Waals surface area contributed by atoms with Crippen LogP contribution in [0.2, 0.25) is 6.04 Å². The van der Waals surface area contributed by atoms with Gasteiger partial charge in [0.2, 0.25) is 0 Å². The van der Waals surface area contributed by atoms with Gasteiger partial charge in [0.05, 0.1) is 5.75 Å². The molecule has 0 fully saturated rings. The minimum atomic E-state index is -4.30. The molecule has 0 saturated heterocycles. The maximum Gasteiger partial charge on any atom is 0.303 e. The quantitative estimate of drug-likeness (QED) is 0.261. The monoisotopic (exact) mass is 288 g/mol. The normalized spacial score (nSPS) is 12.2. The van der Waals surface area contributed by atoms with Crippen LogP contribution in [-0.4, -0.2) is 55.3 Å². The smallest absolute Gasteiger partial charge is 0.303 e. The lowest BCUT2D eigenvalue weighted by atomic mass is 10.6. The van der Waals surface area contributed by atoms with E-state index in [1.807, 2.05) is 0 Å². The maximum absolute atomic E-state index is 12.1. The van der Waals surface area contributed by atoms with Gasteiger partial charge in [-0.15, -0.1) is 3.89 Å². The fourth-order valence-electron chi connectivity index (χ4n) is 0.918. The van der Waals surface area contributed by atoms with E-state index < -0.39 is 16.0 Å². The molecule has 2 radical (unpaired) electrons. The highest BCUT2D eigenvalue weighted by Gasteiger charge is 2.07. The summed E-state index contributed by atoms with van der Waals surface area (Å²) in [6, 6.07) is 0.974. The van der Waals surface area contributed by atoms with Crippen molar-refractivity contribution >= 4 is 31.5 Å². The largest absolute Gasteiger partial charge is 0.360 e. The summed E-state index contributed by atoms with van der Waals surface area (Å²) in [6.07, 6.45) is 0.957. The first-order chi connectivity index (χ1) is 7.49. The lowest BCUT2D eigenvalue weighted by Crippen LogP contribution is -2.21. The summed E-state index contributed by atoms with van der Waals surface area (Å²) in [5, 5.41) is 0. The summed E-state index contributed by atoms with van der Waals surface area (Å²) < 4.78 is 42.5. The van der Waals surface area contributed by atoms with E-state index in [-0.39, 0.29) is 5.91 Å². The van der Waals surface area contributed by atoms with E-state index in [0.29, 0.717) is 15.3 Å². The van der Waals surface area contributed by atoms with Gasteiger partial charge in [0.25, 0.3) is 0 Å². The molecule has 96 valence electrons. The molecule has 0 amide bonds. The fraction of sp³-hybridized carbons (Fsp3) is 1.00. The van der Waals surface area contributed by atoms with Crippen molar-refractivity contribution in [1.29, 1.82) is 0 Å². The molecule has 0 spiro atoms. The van der Waals surface area contributed by atoms with Gasteiger partial charge in [0.15, 0.2) is 0 Å². The van der Waals surface area contributed by atoms with Gasteiger partial charge in [-0.05, 0) is 12.2 Å². The van der Waals surface area contributed by atoms with Crippen LogP contribution in [0, 0.1) is 0 Å². The van der Waals surface area contributed by atoms with Crippen molar-refractivity contribution < 1.29 is 21.8 Å². The number of ether oxygens (including phenoxy) is 2. The number of methoxy groups -OCH3 is 2. The molecule has 0 rings (SSSR count). The molecule has 0 unspecified atom stereocenters. The molecule has 0 saturated carbocycles. The van der Waals surface area contributed by atoms with Gasteiger partial charge >= 0.3 is 10.2 Å². The van der Waals surface area contributed by atoms with E-state index in [2.05, 4.69) is 0 Å². The highest BCUT2D eigenvalue weighted by atomic mass is 32.3. The molecular formula is C8H17FO4S2Si. The van der Waals surface area contributed by atoms with Gasteiger partial charge in [-0.3, -0.25) is 0 Å². The lowest BCUT2D eigenvalue weighted by Gasteiger charge is -2.11. The predicted molar refractivity (Wildman–Crippen MR) is 65.2 cm³/mol. The third kappa shape index (κ3) is 10.9. The van der Waals surface area contributed by atoms with Crippen LogP contribution in [0.1, 0.15) is 6.42 Å². The first kappa shape index (κ1) is 16.4. The van der Waals surface area contributed by atoms with E-state index in [4.69, 9.17) is 9.47 Å². The van der Waals surface area contributed by atoms with Crippen molar-refractivity contribution in [1.82, 2.24) is 0 Å². The summed E-state index contributed by atoms with van der Waals surface area (Å²) in [6.45, 7) is 0. The zero-order chi connectivity index (χ0) is 12.4. The second-order valence-corrected chi connectivity index (χ2v) is 7.06. The van der Waals surface area contributed by atoms with Crippen LogP contribution < -0.4 is 0 Å². The number of thioether (sulfide) groups is 1. The summed E-state index contributed by atoms with van der Waals surface area (Å²) in [4.78, 5) is 0. The van der Waals surface area contributed by atoms with Gasteiger partial charge in [-0.1, -0.05) is 6.04 Å². The summed E-state index contributed by atoms with van der Waals surface area (Å²) >= 11 is 1.45. The SMILES string of the molecule is COC(OC)[Si]CCCSCCS(=O)(=O)F. The Balaban J connectivity index is 3.28. The molecule has 0 aromatic heterocycles. The van der Waals surface area contributed by atoms with Crippen LogP contribution in [-0.2, 0) is 19.7 Å². The standard InChI is InChI=1S/C8H17FO4S2Si/c1-12-8(13-2)16-7-3-4-14-5-6-15(9,10)11/h8H,3-7H2,1-2H3. The Kier molecular flexibility index (Phi) is 9.62. The van der Waals surface area contributed by atoms with E-state index in [9.17, 15) is 12.3 Å². The van der Waals surface area contributed by atoms with Gasteiger partial charge in [-0.25, -0.2) is 0 Å². The zero-order valence-electron chi connectivity index (χ0n) is 9.44. The van der Waals surface area contributed by atoms with Gasteiger partial charge in [0, 0.05) is 20.0 Å². The van der Waals surface area contributed by atoms with Crippen molar-refractivity contribution in [3.8, 4) is 0 Å². The average Bonchev–Trinajstić information content (AvgIpc) is 2.21.